The second-order valence-corrected chi connectivity index (χ2v) is 9.65. The average Bonchev–Trinajstić information content (AvgIpc) is 3.24. The smallest absolute Gasteiger partial charge is 0.243 e. The molecule has 1 heterocycles. The first-order valence-corrected chi connectivity index (χ1v) is 12.3. The summed E-state index contributed by atoms with van der Waals surface area (Å²) in [5.41, 5.74) is 1.10. The number of benzene rings is 2. The summed E-state index contributed by atoms with van der Waals surface area (Å²) >= 11 is 0. The molecule has 7 nitrogen and oxygen atoms in total. The number of carbonyl (C=O) groups excluding carboxylic acids is 1. The number of amides is 1. The third-order valence-electron chi connectivity index (χ3n) is 5.25. The van der Waals surface area contributed by atoms with Crippen LogP contribution in [-0.4, -0.2) is 56.9 Å². The van der Waals surface area contributed by atoms with Crippen molar-refractivity contribution in [3.63, 3.8) is 0 Å². The van der Waals surface area contributed by atoms with Crippen LogP contribution in [0.4, 0.5) is 0 Å². The molecule has 0 saturated carbocycles. The number of ether oxygens (including phenoxy) is 1. The molecule has 0 atom stereocenters. The summed E-state index contributed by atoms with van der Waals surface area (Å²) in [7, 11) is -2.35. The van der Waals surface area contributed by atoms with Gasteiger partial charge in [0, 0.05) is 20.2 Å². The predicted octanol–water partition coefficient (Wildman–Crippen LogP) is 3.50. The molecular weight excluding hydrogens is 440 g/mol. The molecule has 0 aliphatic rings. The summed E-state index contributed by atoms with van der Waals surface area (Å²) in [4.78, 5) is 15.2. The highest BCUT2D eigenvalue weighted by atomic mass is 32.2. The van der Waals surface area contributed by atoms with E-state index in [0.717, 1.165) is 11.3 Å². The SMILES string of the molecule is COCCN(CC(=O)N(CCc1ccccc1)Cc1ccc(C)o1)S(=O)(=O)c1ccccc1. The summed E-state index contributed by atoms with van der Waals surface area (Å²) in [6, 6.07) is 21.7. The van der Waals surface area contributed by atoms with Crippen molar-refractivity contribution in [3.05, 3.63) is 89.9 Å². The first kappa shape index (κ1) is 24.7. The molecular formula is C25H30N2O5S. The zero-order valence-electron chi connectivity index (χ0n) is 19.0. The van der Waals surface area contributed by atoms with Gasteiger partial charge < -0.3 is 14.1 Å². The van der Waals surface area contributed by atoms with Gasteiger partial charge >= 0.3 is 0 Å². The average molecular weight is 471 g/mol. The molecule has 1 amide bonds. The lowest BCUT2D eigenvalue weighted by molar-refractivity contribution is -0.132. The molecule has 8 heteroatoms. The van der Waals surface area contributed by atoms with Crippen LogP contribution < -0.4 is 0 Å². The lowest BCUT2D eigenvalue weighted by Gasteiger charge is -2.27. The zero-order valence-corrected chi connectivity index (χ0v) is 19.8. The molecule has 33 heavy (non-hydrogen) atoms. The van der Waals surface area contributed by atoms with Crippen molar-refractivity contribution >= 4 is 15.9 Å². The Labute approximate surface area is 195 Å². The number of hydrogen-bond donors (Lipinski definition) is 0. The Morgan fingerprint density at radius 2 is 1.61 bits per heavy atom. The topological polar surface area (TPSA) is 80.1 Å². The third-order valence-corrected chi connectivity index (χ3v) is 7.11. The van der Waals surface area contributed by atoms with E-state index in [9.17, 15) is 13.2 Å². The van der Waals surface area contributed by atoms with Gasteiger partial charge in [-0.1, -0.05) is 48.5 Å². The van der Waals surface area contributed by atoms with Gasteiger partial charge in [0.2, 0.25) is 15.9 Å². The maximum Gasteiger partial charge on any atom is 0.243 e. The van der Waals surface area contributed by atoms with Crippen LogP contribution in [0.3, 0.4) is 0 Å². The molecule has 2 aromatic carbocycles. The second kappa shape index (κ2) is 11.8. The van der Waals surface area contributed by atoms with Gasteiger partial charge in [0.25, 0.3) is 0 Å². The minimum Gasteiger partial charge on any atom is -0.464 e. The second-order valence-electron chi connectivity index (χ2n) is 7.71. The molecule has 1 aromatic heterocycles. The van der Waals surface area contributed by atoms with Crippen LogP contribution in [0, 0.1) is 6.92 Å². The van der Waals surface area contributed by atoms with Crippen LogP contribution in [0.15, 0.2) is 82.1 Å². The largest absolute Gasteiger partial charge is 0.464 e. The summed E-state index contributed by atoms with van der Waals surface area (Å²) in [5, 5.41) is 0. The summed E-state index contributed by atoms with van der Waals surface area (Å²) in [5.74, 6) is 1.12. The van der Waals surface area contributed by atoms with E-state index in [1.807, 2.05) is 49.4 Å². The standard InChI is InChI=1S/C25H30N2O5S/c1-21-13-14-23(32-21)19-26(16-15-22-9-5-3-6-10-22)25(28)20-27(17-18-31-2)33(29,30)24-11-7-4-8-12-24/h3-14H,15-20H2,1-2H3. The van der Waals surface area contributed by atoms with Gasteiger partial charge in [-0.15, -0.1) is 0 Å². The van der Waals surface area contributed by atoms with E-state index in [2.05, 4.69) is 0 Å². The molecule has 0 aliphatic heterocycles. The lowest BCUT2D eigenvalue weighted by atomic mass is 10.1. The van der Waals surface area contributed by atoms with Crippen LogP contribution in [-0.2, 0) is 32.5 Å². The molecule has 3 aromatic rings. The van der Waals surface area contributed by atoms with E-state index in [-0.39, 0.29) is 37.0 Å². The van der Waals surface area contributed by atoms with Crippen molar-refractivity contribution in [3.8, 4) is 0 Å². The normalized spacial score (nSPS) is 11.6. The molecule has 0 saturated heterocycles. The molecule has 0 spiro atoms. The van der Waals surface area contributed by atoms with E-state index in [1.54, 1.807) is 23.1 Å². The van der Waals surface area contributed by atoms with Crippen molar-refractivity contribution in [2.75, 3.05) is 33.4 Å². The van der Waals surface area contributed by atoms with Gasteiger partial charge in [-0.25, -0.2) is 8.42 Å². The van der Waals surface area contributed by atoms with Crippen LogP contribution in [0.2, 0.25) is 0 Å². The van der Waals surface area contributed by atoms with E-state index in [0.29, 0.717) is 18.7 Å². The van der Waals surface area contributed by atoms with Crippen molar-refractivity contribution in [2.45, 2.75) is 24.8 Å². The van der Waals surface area contributed by atoms with Crippen LogP contribution in [0.25, 0.3) is 0 Å². The number of sulfonamides is 1. The van der Waals surface area contributed by atoms with Crippen LogP contribution >= 0.6 is 0 Å². The number of nitrogens with zero attached hydrogens (tertiary/aromatic N) is 2. The van der Waals surface area contributed by atoms with Crippen molar-refractivity contribution in [2.24, 2.45) is 0 Å². The summed E-state index contributed by atoms with van der Waals surface area (Å²) < 4.78 is 38.4. The van der Waals surface area contributed by atoms with Crippen molar-refractivity contribution in [1.29, 1.82) is 0 Å². The number of furan rings is 1. The van der Waals surface area contributed by atoms with E-state index in [4.69, 9.17) is 9.15 Å². The molecule has 3 rings (SSSR count). The van der Waals surface area contributed by atoms with Gasteiger partial charge in [-0.3, -0.25) is 4.79 Å². The number of rotatable bonds is 12. The Kier molecular flexibility index (Phi) is 8.82. The number of hydrogen-bond acceptors (Lipinski definition) is 5. The fraction of sp³-hybridized carbons (Fsp3) is 0.320. The monoisotopic (exact) mass is 470 g/mol. The number of aryl methyl sites for hydroxylation is 1. The molecule has 0 radical (unpaired) electrons. The minimum absolute atomic E-state index is 0.0753. The fourth-order valence-electron chi connectivity index (χ4n) is 3.43. The molecule has 176 valence electrons. The molecule has 0 fully saturated rings. The Bertz CT molecular complexity index is 1110. The first-order chi connectivity index (χ1) is 15.9. The van der Waals surface area contributed by atoms with E-state index in [1.165, 1.54) is 23.5 Å². The van der Waals surface area contributed by atoms with Crippen molar-refractivity contribution in [1.82, 2.24) is 9.21 Å². The lowest BCUT2D eigenvalue weighted by Crippen LogP contribution is -2.44. The number of carbonyl (C=O) groups is 1. The highest BCUT2D eigenvalue weighted by Gasteiger charge is 2.28. The summed E-state index contributed by atoms with van der Waals surface area (Å²) in [6.45, 7) is 2.52. The number of methoxy groups -OCH3 is 1. The zero-order chi connectivity index (χ0) is 23.7. The van der Waals surface area contributed by atoms with Gasteiger partial charge in [0.05, 0.1) is 24.6 Å². The fourth-order valence-corrected chi connectivity index (χ4v) is 4.82. The molecule has 0 N–H and O–H groups in total. The van der Waals surface area contributed by atoms with Gasteiger partial charge in [0.15, 0.2) is 0 Å². The maximum atomic E-state index is 13.4. The highest BCUT2D eigenvalue weighted by molar-refractivity contribution is 7.89. The predicted molar refractivity (Wildman–Crippen MR) is 126 cm³/mol. The molecule has 0 unspecified atom stereocenters. The summed E-state index contributed by atoms with van der Waals surface area (Å²) in [6.07, 6.45) is 0.649. The van der Waals surface area contributed by atoms with E-state index < -0.39 is 10.0 Å². The Morgan fingerprint density at radius 1 is 0.939 bits per heavy atom. The molecule has 0 aliphatic carbocycles. The van der Waals surface area contributed by atoms with E-state index >= 15 is 0 Å². The Morgan fingerprint density at radius 3 is 2.21 bits per heavy atom. The molecule has 0 bridgehead atoms. The van der Waals surface area contributed by atoms with Gasteiger partial charge in [-0.05, 0) is 43.2 Å². The Balaban J connectivity index is 1.80. The maximum absolute atomic E-state index is 13.4. The Hall–Kier alpha value is -2.94. The van der Waals surface area contributed by atoms with Crippen LogP contribution in [0.1, 0.15) is 17.1 Å². The first-order valence-electron chi connectivity index (χ1n) is 10.8. The van der Waals surface area contributed by atoms with Crippen LogP contribution in [0.5, 0.6) is 0 Å². The highest BCUT2D eigenvalue weighted by Crippen LogP contribution is 2.17. The quantitative estimate of drug-likeness (QED) is 0.405. The van der Waals surface area contributed by atoms with Gasteiger partial charge in [0.1, 0.15) is 11.5 Å². The van der Waals surface area contributed by atoms with Gasteiger partial charge in [-0.2, -0.15) is 4.31 Å². The van der Waals surface area contributed by atoms with Crippen molar-refractivity contribution < 1.29 is 22.4 Å². The minimum atomic E-state index is -3.86. The third kappa shape index (κ3) is 7.02.